The highest BCUT2D eigenvalue weighted by molar-refractivity contribution is 5.77. The summed E-state index contributed by atoms with van der Waals surface area (Å²) in [6, 6.07) is 3.89. The second-order valence-corrected chi connectivity index (χ2v) is 3.74. The minimum atomic E-state index is -0.955. The minimum absolute atomic E-state index is 0.0694. The molecule has 0 saturated carbocycles. The Balaban J connectivity index is 2.45. The van der Waals surface area contributed by atoms with Gasteiger partial charge in [-0.05, 0) is 0 Å². The fourth-order valence-corrected chi connectivity index (χ4v) is 1.64. The lowest BCUT2D eigenvalue weighted by atomic mass is 10.2. The molecule has 0 spiro atoms. The Morgan fingerprint density at radius 2 is 1.89 bits per heavy atom. The normalized spacial score (nSPS) is 11.2. The van der Waals surface area contributed by atoms with E-state index in [-0.39, 0.29) is 22.6 Å². The summed E-state index contributed by atoms with van der Waals surface area (Å²) in [6.07, 6.45) is 0. The maximum Gasteiger partial charge on any atom is 0.218 e. The van der Waals surface area contributed by atoms with Crippen molar-refractivity contribution in [2.75, 3.05) is 0 Å². The molecule has 1 aromatic carbocycles. The average molecular weight is 249 g/mol. The predicted octanol–water partition coefficient (Wildman–Crippen LogP) is 2.28. The first-order valence-electron chi connectivity index (χ1n) is 4.97. The summed E-state index contributed by atoms with van der Waals surface area (Å²) >= 11 is 0. The number of benzene rings is 2. The van der Waals surface area contributed by atoms with E-state index in [0.717, 1.165) is 24.3 Å². The summed E-state index contributed by atoms with van der Waals surface area (Å²) < 4.78 is 31.5. The van der Waals surface area contributed by atoms with Gasteiger partial charge in [0.15, 0.2) is 28.7 Å². The van der Waals surface area contributed by atoms with Crippen molar-refractivity contribution in [1.29, 1.82) is 0 Å². The molecular weight excluding hydrogens is 244 g/mol. The SMILES string of the molecule is O=c1cc2oc3cc(O)c(F)cc3nc-2cc1F. The lowest BCUT2D eigenvalue weighted by Crippen LogP contribution is -2.06. The molecule has 0 saturated heterocycles. The van der Waals surface area contributed by atoms with Crippen molar-refractivity contribution in [1.82, 2.24) is 4.98 Å². The van der Waals surface area contributed by atoms with E-state index < -0.39 is 22.8 Å². The molecule has 90 valence electrons. The van der Waals surface area contributed by atoms with E-state index in [1.165, 1.54) is 0 Å². The molecule has 1 heterocycles. The van der Waals surface area contributed by atoms with Crippen LogP contribution in [0.2, 0.25) is 0 Å². The van der Waals surface area contributed by atoms with Gasteiger partial charge in [0.25, 0.3) is 0 Å². The zero-order chi connectivity index (χ0) is 12.9. The Labute approximate surface area is 98.5 Å². The molecule has 18 heavy (non-hydrogen) atoms. The molecule has 0 unspecified atom stereocenters. The number of aromatic nitrogens is 1. The molecule has 1 aromatic rings. The molecule has 4 nitrogen and oxygen atoms in total. The van der Waals surface area contributed by atoms with Crippen molar-refractivity contribution in [2.45, 2.75) is 0 Å². The van der Waals surface area contributed by atoms with Gasteiger partial charge in [-0.3, -0.25) is 4.79 Å². The lowest BCUT2D eigenvalue weighted by Gasteiger charge is -2.06. The van der Waals surface area contributed by atoms with E-state index in [0.29, 0.717) is 0 Å². The monoisotopic (exact) mass is 249 g/mol. The van der Waals surface area contributed by atoms with Gasteiger partial charge in [-0.25, -0.2) is 13.8 Å². The van der Waals surface area contributed by atoms with Crippen LogP contribution in [0.1, 0.15) is 0 Å². The van der Waals surface area contributed by atoms with Crippen molar-refractivity contribution in [2.24, 2.45) is 0 Å². The van der Waals surface area contributed by atoms with E-state index in [2.05, 4.69) is 4.98 Å². The Morgan fingerprint density at radius 1 is 1.11 bits per heavy atom. The van der Waals surface area contributed by atoms with Crippen molar-refractivity contribution in [3.8, 4) is 17.2 Å². The number of nitrogens with zero attached hydrogens (tertiary/aromatic N) is 1. The van der Waals surface area contributed by atoms with Gasteiger partial charge >= 0.3 is 0 Å². The van der Waals surface area contributed by atoms with Crippen LogP contribution in [0.15, 0.2) is 33.5 Å². The number of hydrogen-bond acceptors (Lipinski definition) is 4. The Morgan fingerprint density at radius 3 is 2.67 bits per heavy atom. The topological polar surface area (TPSA) is 63.3 Å². The zero-order valence-electron chi connectivity index (χ0n) is 8.78. The summed E-state index contributed by atoms with van der Waals surface area (Å²) in [5.41, 5.74) is -0.494. The van der Waals surface area contributed by atoms with Gasteiger partial charge in [-0.2, -0.15) is 0 Å². The molecule has 3 rings (SSSR count). The first-order chi connectivity index (χ1) is 8.54. The van der Waals surface area contributed by atoms with Gasteiger partial charge in [-0.15, -0.1) is 0 Å². The quantitative estimate of drug-likeness (QED) is 0.621. The van der Waals surface area contributed by atoms with Crippen LogP contribution in [-0.2, 0) is 0 Å². The van der Waals surface area contributed by atoms with Gasteiger partial charge in [0.2, 0.25) is 5.43 Å². The number of rotatable bonds is 0. The molecule has 1 N–H and O–H groups in total. The highest BCUT2D eigenvalue weighted by Gasteiger charge is 2.14. The molecule has 1 aliphatic carbocycles. The fourth-order valence-electron chi connectivity index (χ4n) is 1.64. The van der Waals surface area contributed by atoms with Crippen LogP contribution in [0, 0.1) is 11.6 Å². The molecule has 1 aliphatic heterocycles. The first kappa shape index (κ1) is 10.6. The van der Waals surface area contributed by atoms with Crippen molar-refractivity contribution < 1.29 is 18.3 Å². The van der Waals surface area contributed by atoms with E-state index >= 15 is 0 Å². The second kappa shape index (κ2) is 3.49. The smallest absolute Gasteiger partial charge is 0.218 e. The number of aromatic hydroxyl groups is 1. The standard InChI is InChI=1S/C12H5F2NO3/c13-5-1-7-11(3-9(5)16)18-12-4-10(17)6(14)2-8(12)15-7/h1-4,16H. The summed E-state index contributed by atoms with van der Waals surface area (Å²) in [6.45, 7) is 0. The number of fused-ring (bicyclic) bond motifs is 2. The minimum Gasteiger partial charge on any atom is -0.505 e. The maximum absolute atomic E-state index is 13.1. The molecule has 0 bridgehead atoms. The predicted molar refractivity (Wildman–Crippen MR) is 58.5 cm³/mol. The van der Waals surface area contributed by atoms with Gasteiger partial charge in [0, 0.05) is 24.3 Å². The molecule has 0 amide bonds. The van der Waals surface area contributed by atoms with E-state index in [4.69, 9.17) is 4.42 Å². The van der Waals surface area contributed by atoms with Gasteiger partial charge in [0.1, 0.15) is 11.2 Å². The highest BCUT2D eigenvalue weighted by atomic mass is 19.1. The van der Waals surface area contributed by atoms with Crippen LogP contribution in [0.25, 0.3) is 22.6 Å². The van der Waals surface area contributed by atoms with Crippen LogP contribution in [0.4, 0.5) is 8.78 Å². The number of phenols is 1. The number of halogens is 2. The highest BCUT2D eigenvalue weighted by Crippen LogP contribution is 2.28. The van der Waals surface area contributed by atoms with E-state index in [1.807, 2.05) is 0 Å². The fraction of sp³-hybridized carbons (Fsp3) is 0. The van der Waals surface area contributed by atoms with Crippen molar-refractivity contribution in [3.63, 3.8) is 0 Å². The molecule has 2 aliphatic rings. The van der Waals surface area contributed by atoms with Crippen LogP contribution in [-0.4, -0.2) is 10.1 Å². The molecule has 0 fully saturated rings. The average Bonchev–Trinajstić information content (AvgIpc) is 2.31. The van der Waals surface area contributed by atoms with Gasteiger partial charge in [-0.1, -0.05) is 0 Å². The Hall–Kier alpha value is -2.50. The summed E-state index contributed by atoms with van der Waals surface area (Å²) in [5, 5.41) is 9.20. The second-order valence-electron chi connectivity index (χ2n) is 3.74. The maximum atomic E-state index is 13.1. The van der Waals surface area contributed by atoms with Crippen LogP contribution >= 0.6 is 0 Å². The third kappa shape index (κ3) is 1.50. The largest absolute Gasteiger partial charge is 0.505 e. The molecule has 0 aromatic heterocycles. The van der Waals surface area contributed by atoms with Crippen LogP contribution < -0.4 is 5.43 Å². The Bertz CT molecular complexity index is 797. The van der Waals surface area contributed by atoms with Crippen LogP contribution in [0.3, 0.4) is 0 Å². The van der Waals surface area contributed by atoms with Gasteiger partial charge in [0.05, 0.1) is 0 Å². The first-order valence-corrected chi connectivity index (χ1v) is 4.97. The summed E-state index contributed by atoms with van der Waals surface area (Å²) in [5.74, 6) is -2.33. The number of phenolic OH excluding ortho intramolecular Hbond substituents is 1. The van der Waals surface area contributed by atoms with Gasteiger partial charge < -0.3 is 9.52 Å². The third-order valence-electron chi connectivity index (χ3n) is 2.50. The van der Waals surface area contributed by atoms with Crippen molar-refractivity contribution >= 4 is 11.1 Å². The summed E-state index contributed by atoms with van der Waals surface area (Å²) in [7, 11) is 0. The van der Waals surface area contributed by atoms with E-state index in [1.54, 1.807) is 0 Å². The Kier molecular flexibility index (Phi) is 2.07. The molecule has 0 radical (unpaired) electrons. The molecule has 6 heteroatoms. The molecular formula is C12H5F2NO3. The van der Waals surface area contributed by atoms with Crippen LogP contribution in [0.5, 0.6) is 5.75 Å². The third-order valence-corrected chi connectivity index (χ3v) is 2.50. The van der Waals surface area contributed by atoms with E-state index in [9.17, 15) is 18.7 Å². The summed E-state index contributed by atoms with van der Waals surface area (Å²) in [4.78, 5) is 15.1. The van der Waals surface area contributed by atoms with Crippen molar-refractivity contribution in [3.05, 3.63) is 46.1 Å². The lowest BCUT2D eigenvalue weighted by molar-refractivity contribution is 0.432. The number of hydrogen-bond donors (Lipinski definition) is 1. The zero-order valence-corrected chi connectivity index (χ0v) is 8.78. The molecule has 0 atom stereocenters.